The first-order valence-corrected chi connectivity index (χ1v) is 6.38. The molecule has 1 atom stereocenters. The number of nitrogens with zero attached hydrogens (tertiary/aromatic N) is 3. The van der Waals surface area contributed by atoms with Crippen LogP contribution in [0, 0.1) is 28.1 Å². The van der Waals surface area contributed by atoms with Crippen molar-refractivity contribution in [2.45, 2.75) is 32.6 Å². The Kier molecular flexibility index (Phi) is 5.61. The lowest BCUT2D eigenvalue weighted by molar-refractivity contribution is -0.142. The molecule has 1 fully saturated rings. The second-order valence-electron chi connectivity index (χ2n) is 4.95. The molecule has 0 radical (unpaired) electrons. The molecule has 1 aliphatic rings. The van der Waals surface area contributed by atoms with Gasteiger partial charge < -0.3 is 10.2 Å². The van der Waals surface area contributed by atoms with Crippen LogP contribution in [0.2, 0.25) is 0 Å². The fourth-order valence-electron chi connectivity index (χ4n) is 2.31. The van der Waals surface area contributed by atoms with Gasteiger partial charge in [-0.3, -0.25) is 4.79 Å². The number of carbonyl (C=O) groups is 1. The SMILES string of the molecule is CC1(C(=O)N(CCC#N)CCC#N)CCCNC1. The summed E-state index contributed by atoms with van der Waals surface area (Å²) in [5.74, 6) is 0.0696. The molecular formula is C13H20N4O. The van der Waals surface area contributed by atoms with Gasteiger partial charge in [0.15, 0.2) is 0 Å². The van der Waals surface area contributed by atoms with Gasteiger partial charge in [0.1, 0.15) is 0 Å². The zero-order valence-corrected chi connectivity index (χ0v) is 10.9. The van der Waals surface area contributed by atoms with Crippen molar-refractivity contribution in [3.63, 3.8) is 0 Å². The Morgan fingerprint density at radius 3 is 2.39 bits per heavy atom. The van der Waals surface area contributed by atoms with Gasteiger partial charge in [0.05, 0.1) is 30.4 Å². The molecule has 0 saturated carbocycles. The van der Waals surface area contributed by atoms with E-state index in [0.29, 0.717) is 32.5 Å². The zero-order chi connectivity index (χ0) is 13.4. The molecular weight excluding hydrogens is 228 g/mol. The number of nitrogens with one attached hydrogen (secondary N) is 1. The maximum atomic E-state index is 12.5. The van der Waals surface area contributed by atoms with Crippen molar-refractivity contribution in [3.05, 3.63) is 0 Å². The standard InChI is InChI=1S/C13H20N4O/c1-13(5-2-8-16-11-13)12(18)17(9-3-6-14)10-4-7-15/h16H,2-5,8-11H2,1H3. The minimum Gasteiger partial charge on any atom is -0.340 e. The van der Waals surface area contributed by atoms with Crippen molar-refractivity contribution in [2.24, 2.45) is 5.41 Å². The molecule has 1 amide bonds. The fourth-order valence-corrected chi connectivity index (χ4v) is 2.31. The maximum absolute atomic E-state index is 12.5. The number of rotatable bonds is 5. The van der Waals surface area contributed by atoms with Crippen LogP contribution >= 0.6 is 0 Å². The number of hydrogen-bond acceptors (Lipinski definition) is 4. The lowest BCUT2D eigenvalue weighted by atomic mass is 9.81. The molecule has 5 heteroatoms. The molecule has 0 aromatic heterocycles. The molecule has 1 rings (SSSR count). The Balaban J connectivity index is 2.67. The Morgan fingerprint density at radius 1 is 1.33 bits per heavy atom. The third-order valence-corrected chi connectivity index (χ3v) is 3.39. The summed E-state index contributed by atoms with van der Waals surface area (Å²) in [6.45, 7) is 4.45. The predicted molar refractivity (Wildman–Crippen MR) is 67.3 cm³/mol. The van der Waals surface area contributed by atoms with Crippen molar-refractivity contribution >= 4 is 5.91 Å². The van der Waals surface area contributed by atoms with Crippen LogP contribution < -0.4 is 5.32 Å². The average Bonchev–Trinajstić information content (AvgIpc) is 2.39. The molecule has 18 heavy (non-hydrogen) atoms. The van der Waals surface area contributed by atoms with E-state index in [0.717, 1.165) is 19.4 Å². The van der Waals surface area contributed by atoms with Gasteiger partial charge in [-0.25, -0.2) is 0 Å². The van der Waals surface area contributed by atoms with Crippen molar-refractivity contribution in [1.82, 2.24) is 10.2 Å². The summed E-state index contributed by atoms with van der Waals surface area (Å²) in [5.41, 5.74) is -0.386. The Hall–Kier alpha value is -1.59. The van der Waals surface area contributed by atoms with Gasteiger partial charge in [-0.05, 0) is 26.3 Å². The third-order valence-electron chi connectivity index (χ3n) is 3.39. The van der Waals surface area contributed by atoms with Gasteiger partial charge in [0.2, 0.25) is 5.91 Å². The van der Waals surface area contributed by atoms with Crippen molar-refractivity contribution < 1.29 is 4.79 Å². The molecule has 0 spiro atoms. The molecule has 5 nitrogen and oxygen atoms in total. The van der Waals surface area contributed by atoms with Crippen LogP contribution in [0.15, 0.2) is 0 Å². The normalized spacial score (nSPS) is 22.8. The molecule has 1 aliphatic heterocycles. The summed E-state index contributed by atoms with van der Waals surface area (Å²) in [6.07, 6.45) is 2.50. The summed E-state index contributed by atoms with van der Waals surface area (Å²) in [7, 11) is 0. The lowest BCUT2D eigenvalue weighted by Crippen LogP contribution is -2.50. The molecule has 1 N–H and O–H groups in total. The van der Waals surface area contributed by atoms with E-state index >= 15 is 0 Å². The predicted octanol–water partition coefficient (Wildman–Crippen LogP) is 1.03. The van der Waals surface area contributed by atoms with Crippen molar-refractivity contribution in [2.75, 3.05) is 26.2 Å². The number of nitriles is 2. The van der Waals surface area contributed by atoms with E-state index in [-0.39, 0.29) is 11.3 Å². The van der Waals surface area contributed by atoms with Crippen molar-refractivity contribution in [3.8, 4) is 12.1 Å². The Bertz CT molecular complexity index is 342. The molecule has 1 unspecified atom stereocenters. The van der Waals surface area contributed by atoms with E-state index in [9.17, 15) is 4.79 Å². The second kappa shape index (κ2) is 6.98. The van der Waals surface area contributed by atoms with E-state index in [1.165, 1.54) is 0 Å². The molecule has 1 heterocycles. The van der Waals surface area contributed by atoms with Gasteiger partial charge in [-0.15, -0.1) is 0 Å². The summed E-state index contributed by atoms with van der Waals surface area (Å²) < 4.78 is 0. The summed E-state index contributed by atoms with van der Waals surface area (Å²) in [5, 5.41) is 20.5. The minimum absolute atomic E-state index is 0.0696. The molecule has 0 aromatic carbocycles. The largest absolute Gasteiger partial charge is 0.340 e. The van der Waals surface area contributed by atoms with Crippen LogP contribution in [0.5, 0.6) is 0 Å². The van der Waals surface area contributed by atoms with Gasteiger partial charge in [0.25, 0.3) is 0 Å². The third kappa shape index (κ3) is 3.72. The van der Waals surface area contributed by atoms with Gasteiger partial charge in [-0.2, -0.15) is 10.5 Å². The van der Waals surface area contributed by atoms with E-state index in [1.807, 2.05) is 6.92 Å². The van der Waals surface area contributed by atoms with Crippen molar-refractivity contribution in [1.29, 1.82) is 10.5 Å². The summed E-state index contributed by atoms with van der Waals surface area (Å²) in [4.78, 5) is 14.2. The highest BCUT2D eigenvalue weighted by Crippen LogP contribution is 2.28. The van der Waals surface area contributed by atoms with Crippen LogP contribution in [0.3, 0.4) is 0 Å². The highest BCUT2D eigenvalue weighted by molar-refractivity contribution is 5.82. The van der Waals surface area contributed by atoms with E-state index in [2.05, 4.69) is 17.5 Å². The van der Waals surface area contributed by atoms with Crippen LogP contribution in [0.25, 0.3) is 0 Å². The number of hydrogen-bond donors (Lipinski definition) is 1. The molecule has 0 aromatic rings. The molecule has 98 valence electrons. The van der Waals surface area contributed by atoms with Gasteiger partial charge in [-0.1, -0.05) is 0 Å². The van der Waals surface area contributed by atoms with E-state index in [1.54, 1.807) is 4.90 Å². The average molecular weight is 248 g/mol. The van der Waals surface area contributed by atoms with Crippen LogP contribution in [-0.4, -0.2) is 37.0 Å². The number of amides is 1. The Morgan fingerprint density at radius 2 is 1.94 bits per heavy atom. The smallest absolute Gasteiger partial charge is 0.229 e. The van der Waals surface area contributed by atoms with Crippen LogP contribution in [-0.2, 0) is 4.79 Å². The minimum atomic E-state index is -0.386. The lowest BCUT2D eigenvalue weighted by Gasteiger charge is -2.37. The second-order valence-corrected chi connectivity index (χ2v) is 4.95. The quantitative estimate of drug-likeness (QED) is 0.788. The van der Waals surface area contributed by atoms with Crippen LogP contribution in [0.4, 0.5) is 0 Å². The summed E-state index contributed by atoms with van der Waals surface area (Å²) in [6, 6.07) is 4.10. The van der Waals surface area contributed by atoms with Gasteiger partial charge in [0, 0.05) is 19.6 Å². The first-order valence-electron chi connectivity index (χ1n) is 6.38. The molecule has 0 aliphatic carbocycles. The number of piperidine rings is 1. The monoisotopic (exact) mass is 248 g/mol. The fraction of sp³-hybridized carbons (Fsp3) is 0.769. The number of carbonyl (C=O) groups excluding carboxylic acids is 1. The molecule has 1 saturated heterocycles. The molecule has 0 bridgehead atoms. The highest BCUT2D eigenvalue weighted by atomic mass is 16.2. The maximum Gasteiger partial charge on any atom is 0.229 e. The first kappa shape index (κ1) is 14.5. The Labute approximate surface area is 108 Å². The summed E-state index contributed by atoms with van der Waals surface area (Å²) >= 11 is 0. The zero-order valence-electron chi connectivity index (χ0n) is 10.9. The van der Waals surface area contributed by atoms with E-state index < -0.39 is 0 Å². The first-order chi connectivity index (χ1) is 8.64. The van der Waals surface area contributed by atoms with E-state index in [4.69, 9.17) is 10.5 Å². The highest BCUT2D eigenvalue weighted by Gasteiger charge is 2.37. The van der Waals surface area contributed by atoms with Crippen LogP contribution in [0.1, 0.15) is 32.6 Å². The van der Waals surface area contributed by atoms with Gasteiger partial charge >= 0.3 is 0 Å². The topological polar surface area (TPSA) is 79.9 Å².